The van der Waals surface area contributed by atoms with Crippen LogP contribution >= 0.6 is 0 Å². The van der Waals surface area contributed by atoms with Crippen molar-refractivity contribution in [2.24, 2.45) is 0 Å². The van der Waals surface area contributed by atoms with Crippen LogP contribution in [0.15, 0.2) is 146 Å². The van der Waals surface area contributed by atoms with Crippen LogP contribution in [0, 0.1) is 34.3 Å². The average Bonchev–Trinajstić information content (AvgIpc) is 3.08. The van der Waals surface area contributed by atoms with E-state index >= 15 is 0 Å². The Bertz CT molecular complexity index is 1870. The van der Waals surface area contributed by atoms with Gasteiger partial charge in [0.05, 0.1) is 23.3 Å². The van der Waals surface area contributed by atoms with Crippen LogP contribution < -0.4 is 9.80 Å². The van der Waals surface area contributed by atoms with Crippen molar-refractivity contribution >= 4 is 34.1 Å². The van der Waals surface area contributed by atoms with E-state index in [0.29, 0.717) is 11.1 Å². The maximum Gasteiger partial charge on any atom is 0.123 e. The minimum absolute atomic E-state index is 0.335. The molecule has 44 heavy (non-hydrogen) atoms. The lowest BCUT2D eigenvalue weighted by atomic mass is 10.0. The van der Waals surface area contributed by atoms with E-state index in [1.165, 1.54) is 24.3 Å². The Balaban J connectivity index is 1.37. The lowest BCUT2D eigenvalue weighted by Gasteiger charge is -2.26. The van der Waals surface area contributed by atoms with Gasteiger partial charge in [0.1, 0.15) is 11.6 Å². The highest BCUT2D eigenvalue weighted by molar-refractivity contribution is 5.82. The first-order valence-corrected chi connectivity index (χ1v) is 13.8. The molecule has 0 amide bonds. The monoisotopic (exact) mass is 574 g/mol. The molecule has 0 saturated carbocycles. The molecule has 210 valence electrons. The van der Waals surface area contributed by atoms with E-state index in [1.54, 1.807) is 48.5 Å². The number of hydrogen-bond acceptors (Lipinski definition) is 4. The van der Waals surface area contributed by atoms with Crippen molar-refractivity contribution in [3.8, 4) is 23.3 Å². The highest BCUT2D eigenvalue weighted by Gasteiger charge is 2.16. The quantitative estimate of drug-likeness (QED) is 0.190. The van der Waals surface area contributed by atoms with Gasteiger partial charge in [-0.3, -0.25) is 0 Å². The molecule has 6 aromatic rings. The summed E-state index contributed by atoms with van der Waals surface area (Å²) in [5.74, 6) is -0.671. The van der Waals surface area contributed by atoms with Gasteiger partial charge in [-0.2, -0.15) is 10.5 Å². The summed E-state index contributed by atoms with van der Waals surface area (Å²) in [6.07, 6.45) is 0. The second-order valence-electron chi connectivity index (χ2n) is 10.0. The average molecular weight is 575 g/mol. The van der Waals surface area contributed by atoms with E-state index in [9.17, 15) is 19.3 Å². The van der Waals surface area contributed by atoms with Crippen LogP contribution in [0.4, 0.5) is 42.9 Å². The first-order chi connectivity index (χ1) is 21.5. The summed E-state index contributed by atoms with van der Waals surface area (Å²) in [5, 5.41) is 18.6. The van der Waals surface area contributed by atoms with Crippen molar-refractivity contribution in [2.45, 2.75) is 0 Å². The Hall–Kier alpha value is -6.24. The third-order valence-corrected chi connectivity index (χ3v) is 7.24. The zero-order valence-electron chi connectivity index (χ0n) is 23.4. The SMILES string of the molecule is N#Cc1ccc(N(c2ccc(C#N)cc2)c2ccc(-c3cccc(N(c4ccc(F)cc4)c4ccc(F)cc4)c3)cc2)cc1. The summed E-state index contributed by atoms with van der Waals surface area (Å²) >= 11 is 0. The molecule has 0 radical (unpaired) electrons. The standard InChI is InChI=1S/C38H24F2N4/c39-31-10-20-36(21-11-31)44(37-22-12-32(40)13-23-37)38-3-1-2-30(24-38)29-8-18-35(19-9-29)43(33-14-4-27(25-41)5-15-33)34-16-6-28(26-42)7-17-34/h1-24H. The van der Waals surface area contributed by atoms with Gasteiger partial charge < -0.3 is 9.80 Å². The number of nitriles is 2. The van der Waals surface area contributed by atoms with Crippen molar-refractivity contribution in [1.29, 1.82) is 10.5 Å². The Morgan fingerprint density at radius 3 is 1.16 bits per heavy atom. The molecule has 6 heteroatoms. The van der Waals surface area contributed by atoms with Gasteiger partial charge in [0, 0.05) is 34.1 Å². The number of rotatable bonds is 7. The van der Waals surface area contributed by atoms with Crippen molar-refractivity contribution < 1.29 is 8.78 Å². The normalized spacial score (nSPS) is 10.5. The summed E-state index contributed by atoms with van der Waals surface area (Å²) in [7, 11) is 0. The van der Waals surface area contributed by atoms with Crippen molar-refractivity contribution in [1.82, 2.24) is 0 Å². The Morgan fingerprint density at radius 1 is 0.386 bits per heavy atom. The molecule has 0 aliphatic heterocycles. The first kappa shape index (κ1) is 27.9. The van der Waals surface area contributed by atoms with E-state index in [2.05, 4.69) is 17.0 Å². The highest BCUT2D eigenvalue weighted by Crippen LogP contribution is 2.38. The van der Waals surface area contributed by atoms with E-state index in [4.69, 9.17) is 0 Å². The molecule has 6 aromatic carbocycles. The summed E-state index contributed by atoms with van der Waals surface area (Å²) in [5.41, 5.74) is 8.05. The van der Waals surface area contributed by atoms with Crippen LogP contribution in [0.25, 0.3) is 11.1 Å². The topological polar surface area (TPSA) is 54.1 Å². The molecular formula is C38H24F2N4. The molecule has 0 aliphatic rings. The van der Waals surface area contributed by atoms with E-state index in [0.717, 1.165) is 45.3 Å². The molecule has 4 nitrogen and oxygen atoms in total. The molecule has 0 unspecified atom stereocenters. The molecule has 0 bridgehead atoms. The number of benzene rings is 6. The maximum absolute atomic E-state index is 13.8. The molecule has 0 spiro atoms. The summed E-state index contributed by atoms with van der Waals surface area (Å²) in [6.45, 7) is 0. The third kappa shape index (κ3) is 5.87. The zero-order valence-corrected chi connectivity index (χ0v) is 23.4. The predicted octanol–water partition coefficient (Wildman–Crippen LogP) is 10.3. The minimum Gasteiger partial charge on any atom is -0.311 e. The lowest BCUT2D eigenvalue weighted by Crippen LogP contribution is -2.10. The predicted molar refractivity (Wildman–Crippen MR) is 171 cm³/mol. The number of hydrogen-bond donors (Lipinski definition) is 0. The van der Waals surface area contributed by atoms with Gasteiger partial charge in [-0.25, -0.2) is 8.78 Å². The minimum atomic E-state index is -0.335. The Kier molecular flexibility index (Phi) is 7.82. The van der Waals surface area contributed by atoms with Crippen LogP contribution in [0.3, 0.4) is 0 Å². The fourth-order valence-electron chi connectivity index (χ4n) is 5.07. The summed E-state index contributed by atoms with van der Waals surface area (Å²) in [4.78, 5) is 4.02. The second-order valence-corrected chi connectivity index (χ2v) is 10.0. The van der Waals surface area contributed by atoms with Crippen LogP contribution in [0.1, 0.15) is 11.1 Å². The highest BCUT2D eigenvalue weighted by atomic mass is 19.1. The molecule has 0 N–H and O–H groups in total. The van der Waals surface area contributed by atoms with Gasteiger partial charge in [0.2, 0.25) is 0 Å². The van der Waals surface area contributed by atoms with Crippen molar-refractivity contribution in [2.75, 3.05) is 9.80 Å². The van der Waals surface area contributed by atoms with Gasteiger partial charge in [-0.15, -0.1) is 0 Å². The zero-order chi connectivity index (χ0) is 30.5. The molecule has 0 heterocycles. The van der Waals surface area contributed by atoms with Gasteiger partial charge in [-0.1, -0.05) is 24.3 Å². The van der Waals surface area contributed by atoms with Crippen molar-refractivity contribution in [3.05, 3.63) is 168 Å². The third-order valence-electron chi connectivity index (χ3n) is 7.24. The van der Waals surface area contributed by atoms with Gasteiger partial charge in [-0.05, 0) is 132 Å². The van der Waals surface area contributed by atoms with Crippen LogP contribution in [0.5, 0.6) is 0 Å². The second kappa shape index (κ2) is 12.3. The van der Waals surface area contributed by atoms with Crippen molar-refractivity contribution in [3.63, 3.8) is 0 Å². The fourth-order valence-corrected chi connectivity index (χ4v) is 5.07. The molecule has 0 aromatic heterocycles. The van der Waals surface area contributed by atoms with E-state index < -0.39 is 0 Å². The maximum atomic E-state index is 13.8. The number of halogens is 2. The lowest BCUT2D eigenvalue weighted by molar-refractivity contribution is 0.628. The van der Waals surface area contributed by atoms with Crippen LogP contribution in [0.2, 0.25) is 0 Å². The molecule has 0 aliphatic carbocycles. The van der Waals surface area contributed by atoms with Gasteiger partial charge in [0.15, 0.2) is 0 Å². The summed E-state index contributed by atoms with van der Waals surface area (Å²) in [6, 6.07) is 47.5. The molecule has 6 rings (SSSR count). The smallest absolute Gasteiger partial charge is 0.123 e. The molecule has 0 saturated heterocycles. The van der Waals surface area contributed by atoms with E-state index in [-0.39, 0.29) is 11.6 Å². The van der Waals surface area contributed by atoms with E-state index in [1.807, 2.05) is 77.7 Å². The Labute approximate surface area is 254 Å². The van der Waals surface area contributed by atoms with Gasteiger partial charge in [0.25, 0.3) is 0 Å². The Morgan fingerprint density at radius 2 is 0.750 bits per heavy atom. The molecular weight excluding hydrogens is 550 g/mol. The fraction of sp³-hybridized carbons (Fsp3) is 0. The van der Waals surface area contributed by atoms with Crippen LogP contribution in [-0.2, 0) is 0 Å². The number of nitrogens with zero attached hydrogens (tertiary/aromatic N) is 4. The van der Waals surface area contributed by atoms with Gasteiger partial charge >= 0.3 is 0 Å². The number of anilines is 6. The first-order valence-electron chi connectivity index (χ1n) is 13.8. The summed E-state index contributed by atoms with van der Waals surface area (Å²) < 4.78 is 27.5. The molecule has 0 fully saturated rings. The largest absolute Gasteiger partial charge is 0.311 e. The van der Waals surface area contributed by atoms with Crippen LogP contribution in [-0.4, -0.2) is 0 Å². The molecule has 0 atom stereocenters.